The maximum Gasteiger partial charge on any atom is 0.328 e. The number of carbonyl (C=O) groups excluding carboxylic acids is 1. The van der Waals surface area contributed by atoms with Crippen LogP contribution in [0.5, 0.6) is 0 Å². The zero-order chi connectivity index (χ0) is 10.8. The normalized spacial score (nSPS) is 23.9. The lowest BCUT2D eigenvalue weighted by Gasteiger charge is -2.31. The summed E-state index contributed by atoms with van der Waals surface area (Å²) in [7, 11) is 0. The smallest absolute Gasteiger partial charge is 0.328 e. The Morgan fingerprint density at radius 3 is 2.71 bits per heavy atom. The molecule has 0 radical (unpaired) electrons. The Bertz CT molecular complexity index is 307. The molecule has 0 aromatic rings. The second kappa shape index (κ2) is 3.81. The van der Waals surface area contributed by atoms with Crippen molar-refractivity contribution in [2.75, 3.05) is 6.54 Å². The minimum absolute atomic E-state index is 0.315. The average Bonchev–Trinajstić information content (AvgIpc) is 1.93. The maximum absolute atomic E-state index is 11.5. The summed E-state index contributed by atoms with van der Waals surface area (Å²) >= 11 is 0. The van der Waals surface area contributed by atoms with E-state index in [4.69, 9.17) is 10.00 Å². The van der Waals surface area contributed by atoms with E-state index in [-0.39, 0.29) is 5.97 Å². The number of nitrogens with zero attached hydrogens (tertiary/aromatic N) is 1. The zero-order valence-corrected chi connectivity index (χ0v) is 8.63. The molecular formula is C10H14N2O2. The summed E-state index contributed by atoms with van der Waals surface area (Å²) in [4.78, 5) is 11.5. The number of ether oxygens (including phenoxy) is 1. The van der Waals surface area contributed by atoms with Crippen molar-refractivity contribution in [3.63, 3.8) is 0 Å². The molecule has 1 fully saturated rings. The summed E-state index contributed by atoms with van der Waals surface area (Å²) in [5.74, 6) is -0.315. The minimum Gasteiger partial charge on any atom is -0.459 e. The van der Waals surface area contributed by atoms with E-state index in [1.165, 1.54) is 6.08 Å². The molecule has 4 nitrogen and oxygen atoms in total. The molecule has 1 rings (SSSR count). The fourth-order valence-corrected chi connectivity index (χ4v) is 1.13. The Balaban J connectivity index is 2.56. The first kappa shape index (κ1) is 10.7. The SMILES string of the molecule is CC(C)(C)OC(=O)C1NCC1=CC#N. The lowest BCUT2D eigenvalue weighted by atomic mass is 9.99. The van der Waals surface area contributed by atoms with Gasteiger partial charge in [0.25, 0.3) is 0 Å². The molecule has 0 aliphatic carbocycles. The fourth-order valence-electron chi connectivity index (χ4n) is 1.13. The monoisotopic (exact) mass is 194 g/mol. The van der Waals surface area contributed by atoms with Crippen molar-refractivity contribution in [3.8, 4) is 6.07 Å². The van der Waals surface area contributed by atoms with Crippen LogP contribution in [0.3, 0.4) is 0 Å². The minimum atomic E-state index is -0.480. The molecule has 1 aliphatic rings. The van der Waals surface area contributed by atoms with Crippen LogP contribution >= 0.6 is 0 Å². The molecule has 1 heterocycles. The third-order valence-corrected chi connectivity index (χ3v) is 1.77. The fraction of sp³-hybridized carbons (Fsp3) is 0.600. The van der Waals surface area contributed by atoms with Crippen LogP contribution < -0.4 is 5.32 Å². The van der Waals surface area contributed by atoms with E-state index in [1.54, 1.807) is 0 Å². The predicted octanol–water partition coefficient (Wildman–Crippen LogP) is 0.750. The number of nitriles is 1. The highest BCUT2D eigenvalue weighted by molar-refractivity contribution is 5.82. The van der Waals surface area contributed by atoms with E-state index in [0.717, 1.165) is 5.57 Å². The van der Waals surface area contributed by atoms with Gasteiger partial charge in [-0.05, 0) is 26.3 Å². The maximum atomic E-state index is 11.5. The van der Waals surface area contributed by atoms with Crippen molar-refractivity contribution in [2.24, 2.45) is 0 Å². The highest BCUT2D eigenvalue weighted by Gasteiger charge is 2.33. The number of hydrogen-bond donors (Lipinski definition) is 1. The van der Waals surface area contributed by atoms with Gasteiger partial charge in [0.1, 0.15) is 11.6 Å². The van der Waals surface area contributed by atoms with Gasteiger partial charge in [-0.25, -0.2) is 4.79 Å². The van der Waals surface area contributed by atoms with Crippen LogP contribution in [0, 0.1) is 11.3 Å². The van der Waals surface area contributed by atoms with Gasteiger partial charge in [-0.15, -0.1) is 0 Å². The van der Waals surface area contributed by atoms with E-state index in [0.29, 0.717) is 6.54 Å². The third kappa shape index (κ3) is 2.57. The molecule has 1 N–H and O–H groups in total. The number of rotatable bonds is 1. The van der Waals surface area contributed by atoms with Crippen molar-refractivity contribution in [2.45, 2.75) is 32.4 Å². The Morgan fingerprint density at radius 2 is 2.36 bits per heavy atom. The number of esters is 1. The first-order valence-corrected chi connectivity index (χ1v) is 4.49. The van der Waals surface area contributed by atoms with Crippen LogP contribution in [0.2, 0.25) is 0 Å². The molecular weight excluding hydrogens is 180 g/mol. The van der Waals surface area contributed by atoms with E-state index in [9.17, 15) is 4.79 Å². The summed E-state index contributed by atoms with van der Waals surface area (Å²) in [5, 5.41) is 11.3. The standard InChI is InChI=1S/C10H14N2O2/c1-10(2,3)14-9(13)8-7(4-5-11)6-12-8/h4,8,12H,6H2,1-3H3. The van der Waals surface area contributed by atoms with Gasteiger partial charge >= 0.3 is 5.97 Å². The molecule has 4 heteroatoms. The molecule has 0 saturated carbocycles. The van der Waals surface area contributed by atoms with Gasteiger partial charge in [0.05, 0.1) is 6.07 Å². The topological polar surface area (TPSA) is 62.1 Å². The van der Waals surface area contributed by atoms with Crippen molar-refractivity contribution in [1.82, 2.24) is 5.32 Å². The second-order valence-corrected chi connectivity index (χ2v) is 4.20. The molecule has 1 unspecified atom stereocenters. The van der Waals surface area contributed by atoms with Gasteiger partial charge in [-0.2, -0.15) is 5.26 Å². The van der Waals surface area contributed by atoms with Crippen LogP contribution in [0.4, 0.5) is 0 Å². The van der Waals surface area contributed by atoms with E-state index < -0.39 is 11.6 Å². The lowest BCUT2D eigenvalue weighted by molar-refractivity contribution is -0.157. The number of nitrogens with one attached hydrogen (secondary N) is 1. The van der Waals surface area contributed by atoms with Crippen LogP contribution in [0.15, 0.2) is 11.6 Å². The highest BCUT2D eigenvalue weighted by Crippen LogP contribution is 2.16. The largest absolute Gasteiger partial charge is 0.459 e. The van der Waals surface area contributed by atoms with Crippen molar-refractivity contribution in [3.05, 3.63) is 11.6 Å². The first-order chi connectivity index (χ1) is 6.44. The van der Waals surface area contributed by atoms with Gasteiger partial charge in [0.2, 0.25) is 0 Å². The van der Waals surface area contributed by atoms with Crippen molar-refractivity contribution >= 4 is 5.97 Å². The first-order valence-electron chi connectivity index (χ1n) is 4.49. The average molecular weight is 194 g/mol. The highest BCUT2D eigenvalue weighted by atomic mass is 16.6. The molecule has 0 aromatic carbocycles. The quantitative estimate of drug-likeness (QED) is 0.494. The Kier molecular flexibility index (Phi) is 2.92. The molecule has 76 valence electrons. The van der Waals surface area contributed by atoms with E-state index in [2.05, 4.69) is 5.32 Å². The molecule has 14 heavy (non-hydrogen) atoms. The number of hydrogen-bond acceptors (Lipinski definition) is 4. The van der Waals surface area contributed by atoms with Gasteiger partial charge < -0.3 is 4.74 Å². The Labute approximate surface area is 83.5 Å². The van der Waals surface area contributed by atoms with Crippen molar-refractivity contribution in [1.29, 1.82) is 5.26 Å². The number of carbonyl (C=O) groups is 1. The van der Waals surface area contributed by atoms with Crippen LogP contribution in [-0.2, 0) is 9.53 Å². The zero-order valence-electron chi connectivity index (χ0n) is 8.63. The summed E-state index contributed by atoms with van der Waals surface area (Å²) in [6.07, 6.45) is 1.39. The summed E-state index contributed by atoms with van der Waals surface area (Å²) in [5.41, 5.74) is 0.313. The Hall–Kier alpha value is -1.34. The van der Waals surface area contributed by atoms with Crippen molar-refractivity contribution < 1.29 is 9.53 Å². The molecule has 0 aromatic heterocycles. The molecule has 1 aliphatic heterocycles. The molecule has 0 spiro atoms. The van der Waals surface area contributed by atoms with Gasteiger partial charge in [-0.1, -0.05) is 0 Å². The second-order valence-electron chi connectivity index (χ2n) is 4.20. The number of allylic oxidation sites excluding steroid dienone is 1. The van der Waals surface area contributed by atoms with E-state index >= 15 is 0 Å². The summed E-state index contributed by atoms with van der Waals surface area (Å²) in [6.45, 7) is 6.04. The van der Waals surface area contributed by atoms with Gasteiger partial charge in [-0.3, -0.25) is 5.32 Å². The van der Waals surface area contributed by atoms with Crippen LogP contribution in [0.1, 0.15) is 20.8 Å². The third-order valence-electron chi connectivity index (χ3n) is 1.77. The van der Waals surface area contributed by atoms with Gasteiger partial charge in [0, 0.05) is 12.6 Å². The van der Waals surface area contributed by atoms with Crippen LogP contribution in [-0.4, -0.2) is 24.2 Å². The van der Waals surface area contributed by atoms with E-state index in [1.807, 2.05) is 26.8 Å². The molecule has 0 amide bonds. The predicted molar refractivity (Wildman–Crippen MR) is 51.3 cm³/mol. The van der Waals surface area contributed by atoms with Gasteiger partial charge in [0.15, 0.2) is 0 Å². The summed E-state index contributed by atoms with van der Waals surface area (Å²) in [6, 6.07) is 1.49. The lowest BCUT2D eigenvalue weighted by Crippen LogP contribution is -2.53. The summed E-state index contributed by atoms with van der Waals surface area (Å²) < 4.78 is 5.17. The molecule has 1 atom stereocenters. The Morgan fingerprint density at radius 1 is 1.71 bits per heavy atom. The van der Waals surface area contributed by atoms with Crippen LogP contribution in [0.25, 0.3) is 0 Å². The molecule has 0 bridgehead atoms. The molecule has 1 saturated heterocycles.